The van der Waals surface area contributed by atoms with Gasteiger partial charge in [-0.05, 0) is 62.6 Å². The van der Waals surface area contributed by atoms with Crippen LogP contribution in [-0.4, -0.2) is 44.0 Å². The Morgan fingerprint density at radius 2 is 1.85 bits per heavy atom. The predicted molar refractivity (Wildman–Crippen MR) is 120 cm³/mol. The number of methoxy groups -OCH3 is 1. The summed E-state index contributed by atoms with van der Waals surface area (Å²) in [6.45, 7) is 1.98. The van der Waals surface area contributed by atoms with E-state index in [2.05, 4.69) is 11.0 Å². The molecule has 1 aliphatic carbocycles. The normalized spacial score (nSPS) is 21.6. The first kappa shape index (κ1) is 23.6. The highest BCUT2D eigenvalue weighted by Crippen LogP contribution is 2.51. The van der Waals surface area contributed by atoms with Crippen molar-refractivity contribution in [1.29, 1.82) is 0 Å². The van der Waals surface area contributed by atoms with Gasteiger partial charge in [0, 0.05) is 23.4 Å². The largest absolute Gasteiger partial charge is 0.496 e. The van der Waals surface area contributed by atoms with Crippen LogP contribution in [0.4, 0.5) is 13.2 Å². The van der Waals surface area contributed by atoms with Crippen molar-refractivity contribution in [2.45, 2.75) is 49.7 Å². The Hall–Kier alpha value is -2.54. The third kappa shape index (κ3) is 4.88. The van der Waals surface area contributed by atoms with Crippen LogP contribution in [0.1, 0.15) is 43.2 Å². The number of hydrogen-bond donors (Lipinski definition) is 0. The van der Waals surface area contributed by atoms with Crippen LogP contribution in [0.5, 0.6) is 11.5 Å². The fourth-order valence-electron chi connectivity index (χ4n) is 5.34. The van der Waals surface area contributed by atoms with E-state index >= 15 is 0 Å². The Balaban J connectivity index is 1.44. The maximum atomic E-state index is 12.8. The Labute approximate surface area is 192 Å². The minimum absolute atomic E-state index is 0.207. The third-order valence-corrected chi connectivity index (χ3v) is 7.20. The summed E-state index contributed by atoms with van der Waals surface area (Å²) in [5.74, 6) is 1.46. The lowest BCUT2D eigenvalue weighted by molar-refractivity contribution is -0.137. The molecule has 2 aliphatic rings. The molecule has 7 heteroatoms. The molecule has 1 heterocycles. The van der Waals surface area contributed by atoms with Gasteiger partial charge in [-0.3, -0.25) is 4.90 Å². The second-order valence-corrected chi connectivity index (χ2v) is 9.13. The second kappa shape index (κ2) is 9.75. The predicted octanol–water partition coefficient (Wildman–Crippen LogP) is 5.49. The van der Waals surface area contributed by atoms with Gasteiger partial charge in [-0.25, -0.2) is 0 Å². The fraction of sp³-hybridized carbons (Fsp3) is 0.500. The number of carbonyl (C=O) groups excluding carboxylic acids is 1. The van der Waals surface area contributed by atoms with Gasteiger partial charge in [0.2, 0.25) is 0 Å². The first-order valence-corrected chi connectivity index (χ1v) is 11.5. The number of hydrogen-bond acceptors (Lipinski definition) is 4. The first-order chi connectivity index (χ1) is 15.9. The zero-order chi connectivity index (χ0) is 23.5. The van der Waals surface area contributed by atoms with Gasteiger partial charge in [-0.15, -0.1) is 0 Å². The third-order valence-electron chi connectivity index (χ3n) is 7.20. The van der Waals surface area contributed by atoms with Crippen molar-refractivity contribution in [3.63, 3.8) is 0 Å². The Morgan fingerprint density at radius 1 is 1.12 bits per heavy atom. The van der Waals surface area contributed by atoms with Crippen LogP contribution in [0, 0.1) is 5.92 Å². The van der Waals surface area contributed by atoms with Gasteiger partial charge in [0.25, 0.3) is 0 Å². The molecule has 0 spiro atoms. The van der Waals surface area contributed by atoms with Gasteiger partial charge < -0.3 is 14.3 Å². The van der Waals surface area contributed by atoms with Gasteiger partial charge in [0.1, 0.15) is 17.8 Å². The number of likely N-dealkylation sites (tertiary alicyclic amines) is 1. The van der Waals surface area contributed by atoms with E-state index in [-0.39, 0.29) is 17.4 Å². The monoisotopic (exact) mass is 461 g/mol. The van der Waals surface area contributed by atoms with Crippen molar-refractivity contribution in [3.05, 3.63) is 59.7 Å². The van der Waals surface area contributed by atoms with Crippen LogP contribution in [0.15, 0.2) is 48.5 Å². The summed E-state index contributed by atoms with van der Waals surface area (Å²) < 4.78 is 49.7. The quantitative estimate of drug-likeness (QED) is 0.487. The standard InChI is InChI=1S/C26H30F3NO3/c1-32-23-8-3-2-7-22(23)25(13-5-14-25)24(17-31)30-15-4-6-19(16-30)18-33-21-11-9-20(10-12-21)26(27,28)29/h2-3,7-12,17,19,24H,4-6,13-16,18H2,1H3. The summed E-state index contributed by atoms with van der Waals surface area (Å²) in [5, 5.41) is 0. The van der Waals surface area contributed by atoms with Crippen molar-refractivity contribution in [1.82, 2.24) is 4.90 Å². The lowest BCUT2D eigenvalue weighted by Crippen LogP contribution is -2.58. The van der Waals surface area contributed by atoms with E-state index in [1.165, 1.54) is 12.1 Å². The number of piperidine rings is 1. The van der Waals surface area contributed by atoms with E-state index in [4.69, 9.17) is 9.47 Å². The number of rotatable bonds is 8. The highest BCUT2D eigenvalue weighted by Gasteiger charge is 2.49. The average Bonchev–Trinajstić information content (AvgIpc) is 2.80. The Morgan fingerprint density at radius 3 is 2.45 bits per heavy atom. The lowest BCUT2D eigenvalue weighted by Gasteiger charge is -2.51. The van der Waals surface area contributed by atoms with Crippen LogP contribution in [0.25, 0.3) is 0 Å². The van der Waals surface area contributed by atoms with Crippen LogP contribution in [-0.2, 0) is 16.4 Å². The van der Waals surface area contributed by atoms with Crippen LogP contribution in [0.3, 0.4) is 0 Å². The maximum Gasteiger partial charge on any atom is 0.416 e. The SMILES string of the molecule is COc1ccccc1C1(C(C=O)N2CCCC(COc3ccc(C(F)(F)F)cc3)C2)CCC1. The van der Waals surface area contributed by atoms with Gasteiger partial charge in [-0.1, -0.05) is 24.6 Å². The number of para-hydroxylation sites is 1. The molecule has 1 aliphatic heterocycles. The molecule has 2 unspecified atom stereocenters. The van der Waals surface area contributed by atoms with Crippen LogP contribution < -0.4 is 9.47 Å². The molecule has 2 aromatic rings. The summed E-state index contributed by atoms with van der Waals surface area (Å²) in [6.07, 6.45) is 1.62. The molecule has 2 atom stereocenters. The van der Waals surface area contributed by atoms with E-state index in [0.29, 0.717) is 12.4 Å². The van der Waals surface area contributed by atoms with E-state index in [1.54, 1.807) is 7.11 Å². The van der Waals surface area contributed by atoms with Crippen LogP contribution >= 0.6 is 0 Å². The van der Waals surface area contributed by atoms with Gasteiger partial charge >= 0.3 is 6.18 Å². The number of ether oxygens (including phenoxy) is 2. The molecule has 1 saturated carbocycles. The molecule has 4 nitrogen and oxygen atoms in total. The number of halogens is 3. The van der Waals surface area contributed by atoms with Gasteiger partial charge in [0.15, 0.2) is 0 Å². The number of aldehydes is 1. The molecule has 0 bridgehead atoms. The molecule has 0 N–H and O–H groups in total. The fourth-order valence-corrected chi connectivity index (χ4v) is 5.34. The molecular formula is C26H30F3NO3. The number of alkyl halides is 3. The van der Waals surface area contributed by atoms with E-state index in [1.807, 2.05) is 18.2 Å². The van der Waals surface area contributed by atoms with Crippen molar-refractivity contribution >= 4 is 6.29 Å². The molecule has 178 valence electrons. The van der Waals surface area contributed by atoms with Crippen molar-refractivity contribution in [2.75, 3.05) is 26.8 Å². The molecule has 0 radical (unpaired) electrons. The molecular weight excluding hydrogens is 431 g/mol. The Bertz CT molecular complexity index is 941. The number of nitrogens with zero attached hydrogens (tertiary/aromatic N) is 1. The highest BCUT2D eigenvalue weighted by molar-refractivity contribution is 5.64. The number of carbonyl (C=O) groups is 1. The number of benzene rings is 2. The molecule has 0 amide bonds. The topological polar surface area (TPSA) is 38.8 Å². The summed E-state index contributed by atoms with van der Waals surface area (Å²) in [4.78, 5) is 14.7. The summed E-state index contributed by atoms with van der Waals surface area (Å²) >= 11 is 0. The minimum atomic E-state index is -4.36. The zero-order valence-corrected chi connectivity index (χ0v) is 18.8. The maximum absolute atomic E-state index is 12.8. The molecule has 1 saturated heterocycles. The minimum Gasteiger partial charge on any atom is -0.496 e. The smallest absolute Gasteiger partial charge is 0.416 e. The molecule has 0 aromatic heterocycles. The molecule has 2 aromatic carbocycles. The van der Waals surface area contributed by atoms with Crippen LogP contribution in [0.2, 0.25) is 0 Å². The van der Waals surface area contributed by atoms with Crippen molar-refractivity contribution in [2.24, 2.45) is 5.92 Å². The average molecular weight is 462 g/mol. The van der Waals surface area contributed by atoms with E-state index < -0.39 is 11.7 Å². The molecule has 4 rings (SSSR count). The highest BCUT2D eigenvalue weighted by atomic mass is 19.4. The van der Waals surface area contributed by atoms with Gasteiger partial charge in [-0.2, -0.15) is 13.2 Å². The van der Waals surface area contributed by atoms with E-state index in [0.717, 1.165) is 74.9 Å². The summed E-state index contributed by atoms with van der Waals surface area (Å²) in [5.41, 5.74) is 0.165. The second-order valence-electron chi connectivity index (χ2n) is 9.13. The molecule has 2 fully saturated rings. The van der Waals surface area contributed by atoms with E-state index in [9.17, 15) is 18.0 Å². The zero-order valence-electron chi connectivity index (χ0n) is 18.8. The summed E-state index contributed by atoms with van der Waals surface area (Å²) in [6, 6.07) is 12.5. The lowest BCUT2D eigenvalue weighted by atomic mass is 9.59. The van der Waals surface area contributed by atoms with Gasteiger partial charge in [0.05, 0.1) is 25.3 Å². The Kier molecular flexibility index (Phi) is 6.98. The van der Waals surface area contributed by atoms with Crippen molar-refractivity contribution in [3.8, 4) is 11.5 Å². The molecule has 33 heavy (non-hydrogen) atoms. The summed E-state index contributed by atoms with van der Waals surface area (Å²) in [7, 11) is 1.66. The van der Waals surface area contributed by atoms with Crippen molar-refractivity contribution < 1.29 is 27.4 Å². The first-order valence-electron chi connectivity index (χ1n) is 11.5.